The van der Waals surface area contributed by atoms with Crippen LogP contribution < -0.4 is 0 Å². The molecule has 4 heteroatoms. The maximum atomic E-state index is 11.1. The minimum Gasteiger partial charge on any atom is -0.396 e. The van der Waals surface area contributed by atoms with E-state index in [9.17, 15) is 4.79 Å². The van der Waals surface area contributed by atoms with Crippen molar-refractivity contribution in [1.29, 1.82) is 0 Å². The topological polar surface area (TPSA) is 53.1 Å². The Hall–Kier alpha value is -2.10. The molecule has 0 unspecified atom stereocenters. The Kier molecular flexibility index (Phi) is 4.27. The molecular formula is C18H16ClNO2. The molecule has 3 nitrogen and oxygen atoms in total. The summed E-state index contributed by atoms with van der Waals surface area (Å²) in [6, 6.07) is 11.9. The smallest absolute Gasteiger partial charge is 0.152 e. The summed E-state index contributed by atoms with van der Waals surface area (Å²) in [7, 11) is 0. The molecule has 1 heterocycles. The van der Waals surface area contributed by atoms with Gasteiger partial charge in [-0.1, -0.05) is 35.9 Å². The number of aromatic amines is 1. The average molecular weight is 314 g/mol. The molecule has 0 radical (unpaired) electrons. The highest BCUT2D eigenvalue weighted by Crippen LogP contribution is 2.33. The number of aromatic nitrogens is 1. The molecule has 0 saturated heterocycles. The molecule has 0 saturated carbocycles. The zero-order chi connectivity index (χ0) is 15.5. The van der Waals surface area contributed by atoms with Gasteiger partial charge in [0.1, 0.15) is 0 Å². The van der Waals surface area contributed by atoms with Crippen LogP contribution in [0.5, 0.6) is 0 Å². The van der Waals surface area contributed by atoms with E-state index in [0.717, 1.165) is 41.2 Å². The second kappa shape index (κ2) is 6.34. The second-order valence-corrected chi connectivity index (χ2v) is 5.67. The van der Waals surface area contributed by atoms with Crippen molar-refractivity contribution in [3.8, 4) is 11.1 Å². The van der Waals surface area contributed by atoms with Crippen LogP contribution in [0.2, 0.25) is 5.02 Å². The van der Waals surface area contributed by atoms with Gasteiger partial charge in [0.25, 0.3) is 0 Å². The number of carbonyl (C=O) groups is 1. The first-order valence-electron chi connectivity index (χ1n) is 7.19. The fourth-order valence-corrected chi connectivity index (χ4v) is 2.89. The number of aliphatic hydroxyl groups excluding tert-OH is 1. The molecule has 0 atom stereocenters. The Morgan fingerprint density at radius 2 is 1.95 bits per heavy atom. The number of aldehydes is 1. The lowest BCUT2D eigenvalue weighted by Gasteiger charge is -2.07. The molecule has 0 amide bonds. The number of rotatable bonds is 5. The number of hydrogen-bond acceptors (Lipinski definition) is 2. The quantitative estimate of drug-likeness (QED) is 0.693. The molecule has 112 valence electrons. The highest BCUT2D eigenvalue weighted by Gasteiger charge is 2.10. The Labute approximate surface area is 133 Å². The van der Waals surface area contributed by atoms with Gasteiger partial charge in [-0.2, -0.15) is 0 Å². The third-order valence-corrected chi connectivity index (χ3v) is 4.13. The van der Waals surface area contributed by atoms with Gasteiger partial charge in [0.05, 0.1) is 5.02 Å². The molecule has 3 aromatic rings. The second-order valence-electron chi connectivity index (χ2n) is 5.26. The molecule has 3 rings (SSSR count). The molecule has 0 aliphatic carbocycles. The van der Waals surface area contributed by atoms with Crippen LogP contribution in [0, 0.1) is 0 Å². The van der Waals surface area contributed by atoms with E-state index in [2.05, 4.69) is 4.98 Å². The summed E-state index contributed by atoms with van der Waals surface area (Å²) in [5.41, 5.74) is 4.59. The number of fused-ring (bicyclic) bond motifs is 1. The summed E-state index contributed by atoms with van der Waals surface area (Å²) < 4.78 is 0. The van der Waals surface area contributed by atoms with Crippen LogP contribution in [0.3, 0.4) is 0 Å². The normalized spacial score (nSPS) is 11.0. The fraction of sp³-hybridized carbons (Fsp3) is 0.167. The van der Waals surface area contributed by atoms with Gasteiger partial charge in [-0.3, -0.25) is 4.79 Å². The molecule has 0 bridgehead atoms. The van der Waals surface area contributed by atoms with E-state index in [-0.39, 0.29) is 6.61 Å². The molecule has 0 spiro atoms. The summed E-state index contributed by atoms with van der Waals surface area (Å²) >= 11 is 6.37. The van der Waals surface area contributed by atoms with E-state index >= 15 is 0 Å². The van der Waals surface area contributed by atoms with Gasteiger partial charge >= 0.3 is 0 Å². The largest absolute Gasteiger partial charge is 0.396 e. The third kappa shape index (κ3) is 2.78. The lowest BCUT2D eigenvalue weighted by atomic mass is 10.00. The number of hydrogen-bond donors (Lipinski definition) is 2. The standard InChI is InChI=1S/C18H16ClNO2/c19-17-9-18-16(14(11-22)10-20-18)8-15(17)13-5-3-12(4-6-13)2-1-7-21/h3-6,8-11,20-21H,1-2,7H2. The molecule has 0 aliphatic heterocycles. The average Bonchev–Trinajstić information content (AvgIpc) is 2.94. The minimum absolute atomic E-state index is 0.201. The molecule has 22 heavy (non-hydrogen) atoms. The van der Waals surface area contributed by atoms with Crippen LogP contribution in [0.15, 0.2) is 42.6 Å². The fourth-order valence-electron chi connectivity index (χ4n) is 2.62. The first-order valence-corrected chi connectivity index (χ1v) is 7.56. The summed E-state index contributed by atoms with van der Waals surface area (Å²) in [6.45, 7) is 0.201. The Morgan fingerprint density at radius 3 is 2.64 bits per heavy atom. The number of nitrogens with one attached hydrogen (secondary N) is 1. The Bertz CT molecular complexity index is 806. The van der Waals surface area contributed by atoms with E-state index < -0.39 is 0 Å². The van der Waals surface area contributed by atoms with Crippen molar-refractivity contribution in [2.45, 2.75) is 12.8 Å². The van der Waals surface area contributed by atoms with E-state index in [0.29, 0.717) is 10.6 Å². The molecule has 0 aliphatic rings. The predicted molar refractivity (Wildman–Crippen MR) is 89.5 cm³/mol. The van der Waals surface area contributed by atoms with Gasteiger partial charge in [0, 0.05) is 34.8 Å². The Morgan fingerprint density at radius 1 is 1.18 bits per heavy atom. The Balaban J connectivity index is 2.01. The maximum Gasteiger partial charge on any atom is 0.152 e. The van der Waals surface area contributed by atoms with Crippen LogP contribution in [0.4, 0.5) is 0 Å². The first-order chi connectivity index (χ1) is 10.7. The third-order valence-electron chi connectivity index (χ3n) is 3.82. The van der Waals surface area contributed by atoms with Crippen molar-refractivity contribution in [2.75, 3.05) is 6.61 Å². The zero-order valence-electron chi connectivity index (χ0n) is 12.0. The van der Waals surface area contributed by atoms with E-state index in [1.807, 2.05) is 36.4 Å². The lowest BCUT2D eigenvalue weighted by Crippen LogP contribution is -1.89. The van der Waals surface area contributed by atoms with Crippen LogP contribution in [0.1, 0.15) is 22.3 Å². The van der Waals surface area contributed by atoms with Crippen LogP contribution in [-0.4, -0.2) is 23.0 Å². The van der Waals surface area contributed by atoms with Crippen LogP contribution >= 0.6 is 11.6 Å². The summed E-state index contributed by atoms with van der Waals surface area (Å²) in [4.78, 5) is 14.1. The summed E-state index contributed by atoms with van der Waals surface area (Å²) in [5, 5.41) is 10.4. The van der Waals surface area contributed by atoms with Gasteiger partial charge in [0.15, 0.2) is 6.29 Å². The van der Waals surface area contributed by atoms with Crippen LogP contribution in [0.25, 0.3) is 22.0 Å². The van der Waals surface area contributed by atoms with Crippen molar-refractivity contribution in [2.24, 2.45) is 0 Å². The van der Waals surface area contributed by atoms with Crippen LogP contribution in [-0.2, 0) is 6.42 Å². The molecule has 1 aromatic heterocycles. The molecule has 2 aromatic carbocycles. The molecule has 2 N–H and O–H groups in total. The maximum absolute atomic E-state index is 11.1. The van der Waals surface area contributed by atoms with E-state index in [4.69, 9.17) is 16.7 Å². The van der Waals surface area contributed by atoms with Crippen molar-refractivity contribution >= 4 is 28.8 Å². The number of carbonyl (C=O) groups excluding carboxylic acids is 1. The number of aliphatic hydroxyl groups is 1. The van der Waals surface area contributed by atoms with Gasteiger partial charge in [-0.05, 0) is 36.1 Å². The van der Waals surface area contributed by atoms with Gasteiger partial charge in [-0.15, -0.1) is 0 Å². The number of halogens is 1. The van der Waals surface area contributed by atoms with Crippen molar-refractivity contribution in [3.63, 3.8) is 0 Å². The van der Waals surface area contributed by atoms with E-state index in [1.165, 1.54) is 5.56 Å². The number of benzene rings is 2. The lowest BCUT2D eigenvalue weighted by molar-refractivity contribution is 0.112. The number of aryl methyl sites for hydroxylation is 1. The summed E-state index contributed by atoms with van der Waals surface area (Å²) in [6.07, 6.45) is 4.15. The SMILES string of the molecule is O=Cc1c[nH]c2cc(Cl)c(-c3ccc(CCCO)cc3)cc12. The monoisotopic (exact) mass is 313 g/mol. The van der Waals surface area contributed by atoms with Gasteiger partial charge < -0.3 is 10.1 Å². The van der Waals surface area contributed by atoms with Crippen molar-refractivity contribution < 1.29 is 9.90 Å². The highest BCUT2D eigenvalue weighted by molar-refractivity contribution is 6.34. The van der Waals surface area contributed by atoms with Gasteiger partial charge in [-0.25, -0.2) is 0 Å². The number of H-pyrrole nitrogens is 1. The molecular weight excluding hydrogens is 298 g/mol. The molecule has 0 fully saturated rings. The zero-order valence-corrected chi connectivity index (χ0v) is 12.7. The summed E-state index contributed by atoms with van der Waals surface area (Å²) in [5.74, 6) is 0. The van der Waals surface area contributed by atoms with Gasteiger partial charge in [0.2, 0.25) is 0 Å². The van der Waals surface area contributed by atoms with Crippen molar-refractivity contribution in [3.05, 3.63) is 58.7 Å². The van der Waals surface area contributed by atoms with Crippen molar-refractivity contribution in [1.82, 2.24) is 4.98 Å². The first kappa shape index (κ1) is 14.8. The minimum atomic E-state index is 0.201. The highest BCUT2D eigenvalue weighted by atomic mass is 35.5. The van der Waals surface area contributed by atoms with E-state index in [1.54, 1.807) is 6.20 Å². The predicted octanol–water partition coefficient (Wildman–Crippen LogP) is 4.23.